The zero-order valence-electron chi connectivity index (χ0n) is 12.4. The Morgan fingerprint density at radius 2 is 2.00 bits per heavy atom. The molecule has 1 aliphatic heterocycles. The van der Waals surface area contributed by atoms with Gasteiger partial charge < -0.3 is 10.2 Å². The zero-order chi connectivity index (χ0) is 13.7. The van der Waals surface area contributed by atoms with Gasteiger partial charge in [-0.05, 0) is 44.5 Å². The summed E-state index contributed by atoms with van der Waals surface area (Å²) in [7, 11) is 0. The van der Waals surface area contributed by atoms with Gasteiger partial charge in [0.2, 0.25) is 0 Å². The molecule has 0 aliphatic carbocycles. The summed E-state index contributed by atoms with van der Waals surface area (Å²) in [5, 5.41) is 3.45. The van der Waals surface area contributed by atoms with E-state index in [1.54, 1.807) is 0 Å². The van der Waals surface area contributed by atoms with Crippen LogP contribution >= 0.6 is 11.8 Å². The molecule has 2 rings (SSSR count). The van der Waals surface area contributed by atoms with Crippen molar-refractivity contribution in [2.45, 2.75) is 38.5 Å². The van der Waals surface area contributed by atoms with E-state index in [0.29, 0.717) is 4.75 Å². The van der Waals surface area contributed by atoms with Crippen molar-refractivity contribution >= 4 is 17.4 Å². The van der Waals surface area contributed by atoms with Crippen LogP contribution < -0.4 is 10.2 Å². The van der Waals surface area contributed by atoms with Gasteiger partial charge in [-0.3, -0.25) is 0 Å². The predicted molar refractivity (Wildman–Crippen MR) is 87.2 cm³/mol. The highest BCUT2D eigenvalue weighted by Crippen LogP contribution is 2.32. The Kier molecular flexibility index (Phi) is 5.17. The number of anilines is 1. The van der Waals surface area contributed by atoms with Crippen LogP contribution in [0.5, 0.6) is 0 Å². The first-order valence-electron chi connectivity index (χ1n) is 7.29. The van der Waals surface area contributed by atoms with Crippen LogP contribution in [0.15, 0.2) is 24.3 Å². The Morgan fingerprint density at radius 3 is 2.63 bits per heavy atom. The van der Waals surface area contributed by atoms with Crippen molar-refractivity contribution in [2.24, 2.45) is 0 Å². The molecule has 19 heavy (non-hydrogen) atoms. The first-order valence-corrected chi connectivity index (χ1v) is 8.28. The first-order chi connectivity index (χ1) is 9.11. The second-order valence-electron chi connectivity index (χ2n) is 5.87. The molecule has 0 saturated carbocycles. The second-order valence-corrected chi connectivity index (χ2v) is 7.68. The van der Waals surface area contributed by atoms with E-state index >= 15 is 0 Å². The number of hydrogen-bond donors (Lipinski definition) is 1. The van der Waals surface area contributed by atoms with Crippen LogP contribution in [0.2, 0.25) is 0 Å². The van der Waals surface area contributed by atoms with E-state index in [9.17, 15) is 0 Å². The van der Waals surface area contributed by atoms with E-state index < -0.39 is 0 Å². The van der Waals surface area contributed by atoms with E-state index in [2.05, 4.69) is 67.0 Å². The molecular formula is C16H26N2S. The van der Waals surface area contributed by atoms with Crippen LogP contribution in [0.1, 0.15) is 32.8 Å². The number of benzene rings is 1. The fourth-order valence-corrected chi connectivity index (χ4v) is 3.58. The maximum Gasteiger partial charge on any atom is 0.0367 e. The Morgan fingerprint density at radius 1 is 1.26 bits per heavy atom. The van der Waals surface area contributed by atoms with E-state index in [1.165, 1.54) is 30.0 Å². The van der Waals surface area contributed by atoms with Gasteiger partial charge in [0.1, 0.15) is 0 Å². The smallest absolute Gasteiger partial charge is 0.0367 e. The van der Waals surface area contributed by atoms with Crippen LogP contribution in [0.3, 0.4) is 0 Å². The van der Waals surface area contributed by atoms with Gasteiger partial charge >= 0.3 is 0 Å². The van der Waals surface area contributed by atoms with E-state index in [0.717, 1.165) is 19.6 Å². The third kappa shape index (κ3) is 4.43. The molecule has 1 saturated heterocycles. The van der Waals surface area contributed by atoms with Crippen LogP contribution in [0.25, 0.3) is 0 Å². The molecule has 0 spiro atoms. The van der Waals surface area contributed by atoms with Gasteiger partial charge in [-0.25, -0.2) is 0 Å². The van der Waals surface area contributed by atoms with E-state index in [4.69, 9.17) is 0 Å². The van der Waals surface area contributed by atoms with Crippen LogP contribution in [-0.2, 0) is 6.54 Å². The Bertz CT molecular complexity index is 386. The number of thioether (sulfide) groups is 1. The number of nitrogens with one attached hydrogen (secondary N) is 1. The summed E-state index contributed by atoms with van der Waals surface area (Å²) in [5.74, 6) is 1.23. The Hall–Kier alpha value is -0.670. The lowest BCUT2D eigenvalue weighted by atomic mass is 10.1. The molecule has 0 unspecified atom stereocenters. The molecule has 2 nitrogen and oxygen atoms in total. The van der Waals surface area contributed by atoms with Gasteiger partial charge in [-0.15, -0.1) is 0 Å². The highest BCUT2D eigenvalue weighted by atomic mass is 32.2. The minimum Gasteiger partial charge on any atom is -0.369 e. The molecule has 0 amide bonds. The summed E-state index contributed by atoms with van der Waals surface area (Å²) in [4.78, 5) is 2.51. The number of hydrogen-bond acceptors (Lipinski definition) is 3. The molecule has 0 radical (unpaired) electrons. The lowest BCUT2D eigenvalue weighted by Crippen LogP contribution is -2.43. The molecule has 3 heteroatoms. The molecule has 106 valence electrons. The van der Waals surface area contributed by atoms with Gasteiger partial charge in [0.25, 0.3) is 0 Å². The summed E-state index contributed by atoms with van der Waals surface area (Å²) in [5.41, 5.74) is 2.75. The van der Waals surface area contributed by atoms with Gasteiger partial charge in [-0.1, -0.05) is 19.1 Å². The van der Waals surface area contributed by atoms with Gasteiger partial charge in [0, 0.05) is 35.8 Å². The minimum atomic E-state index is 0.375. The van der Waals surface area contributed by atoms with Crippen molar-refractivity contribution < 1.29 is 0 Å². The summed E-state index contributed by atoms with van der Waals surface area (Å²) in [6, 6.07) is 9.06. The van der Waals surface area contributed by atoms with E-state index in [1.807, 2.05) is 0 Å². The zero-order valence-corrected chi connectivity index (χ0v) is 13.2. The summed E-state index contributed by atoms with van der Waals surface area (Å²) >= 11 is 2.08. The molecule has 1 aliphatic rings. The molecular weight excluding hydrogens is 252 g/mol. The van der Waals surface area contributed by atoms with Crippen molar-refractivity contribution in [2.75, 3.05) is 30.3 Å². The molecule has 1 N–H and O–H groups in total. The quantitative estimate of drug-likeness (QED) is 0.830. The Labute approximate surface area is 122 Å². The fourth-order valence-electron chi connectivity index (χ4n) is 2.47. The molecule has 0 aromatic heterocycles. The highest BCUT2D eigenvalue weighted by molar-refractivity contribution is 8.00. The third-order valence-electron chi connectivity index (χ3n) is 3.48. The molecule has 0 bridgehead atoms. The number of nitrogens with zero attached hydrogens (tertiary/aromatic N) is 1. The van der Waals surface area contributed by atoms with Crippen molar-refractivity contribution in [1.29, 1.82) is 0 Å². The van der Waals surface area contributed by atoms with Crippen LogP contribution in [0, 0.1) is 0 Å². The summed E-state index contributed by atoms with van der Waals surface area (Å²) in [6.07, 6.45) is 1.19. The SMILES string of the molecule is CCCNCc1ccc(N2CCSC(C)(C)C2)cc1. The lowest BCUT2D eigenvalue weighted by molar-refractivity contribution is 0.647. The molecule has 1 aromatic carbocycles. The molecule has 1 heterocycles. The van der Waals surface area contributed by atoms with Crippen molar-refractivity contribution in [3.63, 3.8) is 0 Å². The largest absolute Gasteiger partial charge is 0.369 e. The average Bonchev–Trinajstić information content (AvgIpc) is 2.39. The lowest BCUT2D eigenvalue weighted by Gasteiger charge is -2.39. The standard InChI is InChI=1S/C16H26N2S/c1-4-9-17-12-14-5-7-15(8-6-14)18-10-11-19-16(2,3)13-18/h5-8,17H,4,9-13H2,1-3H3. The van der Waals surface area contributed by atoms with Crippen molar-refractivity contribution in [3.05, 3.63) is 29.8 Å². The average molecular weight is 278 g/mol. The predicted octanol–water partition coefficient (Wildman–Crippen LogP) is 3.52. The summed E-state index contributed by atoms with van der Waals surface area (Å²) < 4.78 is 0.375. The van der Waals surface area contributed by atoms with Gasteiger partial charge in [0.15, 0.2) is 0 Å². The molecule has 1 aromatic rings. The van der Waals surface area contributed by atoms with Gasteiger partial charge in [0.05, 0.1) is 0 Å². The third-order valence-corrected chi connectivity index (χ3v) is 4.78. The monoisotopic (exact) mass is 278 g/mol. The maximum absolute atomic E-state index is 3.45. The Balaban J connectivity index is 1.94. The van der Waals surface area contributed by atoms with Crippen LogP contribution in [-0.4, -0.2) is 30.1 Å². The molecule has 0 atom stereocenters. The highest BCUT2D eigenvalue weighted by Gasteiger charge is 2.26. The normalized spacial score (nSPS) is 18.6. The minimum absolute atomic E-state index is 0.375. The van der Waals surface area contributed by atoms with Crippen molar-refractivity contribution in [3.8, 4) is 0 Å². The van der Waals surface area contributed by atoms with Crippen LogP contribution in [0.4, 0.5) is 5.69 Å². The second kappa shape index (κ2) is 6.67. The fraction of sp³-hybridized carbons (Fsp3) is 0.625. The first kappa shape index (κ1) is 14.7. The number of rotatable bonds is 5. The maximum atomic E-state index is 3.45. The summed E-state index contributed by atoms with van der Waals surface area (Å²) in [6.45, 7) is 11.3. The van der Waals surface area contributed by atoms with Crippen molar-refractivity contribution in [1.82, 2.24) is 5.32 Å². The van der Waals surface area contributed by atoms with E-state index in [-0.39, 0.29) is 0 Å². The molecule has 1 fully saturated rings. The van der Waals surface area contributed by atoms with Gasteiger partial charge in [-0.2, -0.15) is 11.8 Å². The topological polar surface area (TPSA) is 15.3 Å².